The van der Waals surface area contributed by atoms with Crippen molar-refractivity contribution in [2.24, 2.45) is 17.3 Å². The largest absolute Gasteiger partial charge is 0.304 e. The molecule has 26 heavy (non-hydrogen) atoms. The van der Waals surface area contributed by atoms with E-state index in [1.54, 1.807) is 0 Å². The molecule has 0 N–H and O–H groups in total. The Kier molecular flexibility index (Phi) is 5.95. The lowest BCUT2D eigenvalue weighted by Gasteiger charge is -2.49. The van der Waals surface area contributed by atoms with Crippen molar-refractivity contribution >= 4 is 0 Å². The van der Waals surface area contributed by atoms with E-state index in [1.165, 1.54) is 97.6 Å². The molecule has 4 fully saturated rings. The first-order chi connectivity index (χ1) is 12.5. The molecule has 0 atom stereocenters. The maximum Gasteiger partial charge on any atom is 0.0350 e. The van der Waals surface area contributed by atoms with Crippen molar-refractivity contribution in [2.75, 3.05) is 72.5 Å². The Balaban J connectivity index is 1.12. The van der Waals surface area contributed by atoms with Gasteiger partial charge in [-0.2, -0.15) is 0 Å². The van der Waals surface area contributed by atoms with Crippen molar-refractivity contribution in [3.63, 3.8) is 0 Å². The van der Waals surface area contributed by atoms with E-state index in [-0.39, 0.29) is 0 Å². The molecule has 4 rings (SSSR count). The van der Waals surface area contributed by atoms with Gasteiger partial charge in [0.1, 0.15) is 0 Å². The van der Waals surface area contributed by atoms with E-state index in [0.29, 0.717) is 5.41 Å². The Morgan fingerprint density at radius 3 is 2.12 bits per heavy atom. The highest BCUT2D eigenvalue weighted by molar-refractivity contribution is 5.00. The number of rotatable bonds is 7. The summed E-state index contributed by atoms with van der Waals surface area (Å²) in [4.78, 5) is 10.8. The molecule has 0 unspecified atom stereocenters. The van der Waals surface area contributed by atoms with Crippen LogP contribution in [0.5, 0.6) is 0 Å². The van der Waals surface area contributed by atoms with E-state index >= 15 is 0 Å². The fraction of sp³-hybridized carbons (Fsp3) is 1.00. The number of likely N-dealkylation sites (N-methyl/N-ethyl adjacent to an activating group) is 1. The van der Waals surface area contributed by atoms with Crippen LogP contribution in [0.4, 0.5) is 0 Å². The van der Waals surface area contributed by atoms with Crippen molar-refractivity contribution < 1.29 is 0 Å². The second kappa shape index (κ2) is 8.06. The van der Waals surface area contributed by atoms with Crippen LogP contribution in [0, 0.1) is 17.3 Å². The van der Waals surface area contributed by atoms with Crippen LogP contribution in [-0.2, 0) is 0 Å². The molecular formula is C22H42N4. The fourth-order valence-electron chi connectivity index (χ4n) is 5.74. The van der Waals surface area contributed by atoms with Gasteiger partial charge in [-0.3, -0.25) is 9.80 Å². The molecular weight excluding hydrogens is 320 g/mol. The minimum Gasteiger partial charge on any atom is -0.304 e. The third-order valence-electron chi connectivity index (χ3n) is 7.57. The molecule has 4 aliphatic rings. The molecule has 150 valence electrons. The lowest BCUT2D eigenvalue weighted by atomic mass is 9.90. The van der Waals surface area contributed by atoms with Crippen LogP contribution in [0.3, 0.4) is 0 Å². The van der Waals surface area contributed by atoms with Gasteiger partial charge in [0.15, 0.2) is 0 Å². The van der Waals surface area contributed by atoms with Gasteiger partial charge in [0.25, 0.3) is 0 Å². The summed E-state index contributed by atoms with van der Waals surface area (Å²) >= 11 is 0. The van der Waals surface area contributed by atoms with E-state index in [0.717, 1.165) is 17.9 Å². The second-order valence-electron chi connectivity index (χ2n) is 10.5. The lowest BCUT2D eigenvalue weighted by Crippen LogP contribution is -2.61. The Morgan fingerprint density at radius 1 is 0.885 bits per heavy atom. The molecule has 1 saturated carbocycles. The molecule has 1 aliphatic carbocycles. The summed E-state index contributed by atoms with van der Waals surface area (Å²) < 4.78 is 0. The SMILES string of the molecule is CC(C)CC1(CN2CC(N3CCC(CN4CCN(C)CC4)CC3)C2)CC1. The highest BCUT2D eigenvalue weighted by Crippen LogP contribution is 2.51. The predicted molar refractivity (Wildman–Crippen MR) is 110 cm³/mol. The number of hydrogen-bond acceptors (Lipinski definition) is 4. The van der Waals surface area contributed by atoms with Crippen molar-refractivity contribution in [3.05, 3.63) is 0 Å². The third kappa shape index (κ3) is 4.81. The van der Waals surface area contributed by atoms with Crippen LogP contribution in [0.25, 0.3) is 0 Å². The Morgan fingerprint density at radius 2 is 1.54 bits per heavy atom. The average molecular weight is 363 g/mol. The second-order valence-corrected chi connectivity index (χ2v) is 10.5. The van der Waals surface area contributed by atoms with Gasteiger partial charge in [-0.1, -0.05) is 13.8 Å². The molecule has 0 aromatic rings. The number of likely N-dealkylation sites (tertiary alicyclic amines) is 2. The van der Waals surface area contributed by atoms with Crippen LogP contribution in [-0.4, -0.2) is 98.1 Å². The highest BCUT2D eigenvalue weighted by atomic mass is 15.3. The number of hydrogen-bond donors (Lipinski definition) is 0. The van der Waals surface area contributed by atoms with Crippen LogP contribution < -0.4 is 0 Å². The summed E-state index contributed by atoms with van der Waals surface area (Å²) in [6.07, 6.45) is 7.29. The fourth-order valence-corrected chi connectivity index (χ4v) is 5.74. The normalized spacial score (nSPS) is 30.0. The monoisotopic (exact) mass is 362 g/mol. The topological polar surface area (TPSA) is 13.0 Å². The van der Waals surface area contributed by atoms with E-state index in [1.807, 2.05) is 0 Å². The minimum absolute atomic E-state index is 0.717. The highest BCUT2D eigenvalue weighted by Gasteiger charge is 2.46. The lowest BCUT2D eigenvalue weighted by molar-refractivity contribution is -0.00194. The quantitative estimate of drug-likeness (QED) is 0.690. The molecule has 4 heteroatoms. The van der Waals surface area contributed by atoms with Gasteiger partial charge < -0.3 is 9.80 Å². The molecule has 4 nitrogen and oxygen atoms in total. The summed E-state index contributed by atoms with van der Waals surface area (Å²) in [5, 5.41) is 0. The maximum absolute atomic E-state index is 2.82. The van der Waals surface area contributed by atoms with Gasteiger partial charge >= 0.3 is 0 Å². The van der Waals surface area contributed by atoms with Crippen LogP contribution in [0.1, 0.15) is 46.0 Å². The average Bonchev–Trinajstić information content (AvgIpc) is 3.32. The van der Waals surface area contributed by atoms with Gasteiger partial charge in [-0.25, -0.2) is 0 Å². The van der Waals surface area contributed by atoms with Gasteiger partial charge in [-0.05, 0) is 69.5 Å². The Bertz CT molecular complexity index is 439. The molecule has 0 spiro atoms. The van der Waals surface area contributed by atoms with Gasteiger partial charge in [0.2, 0.25) is 0 Å². The zero-order valence-electron chi connectivity index (χ0n) is 17.6. The van der Waals surface area contributed by atoms with Crippen LogP contribution >= 0.6 is 0 Å². The summed E-state index contributed by atoms with van der Waals surface area (Å²) in [6.45, 7) is 18.0. The standard InChI is InChI=1S/C22H42N4/c1-19(2)14-22(6-7-22)18-25-16-21(17-25)26-8-4-20(5-9-26)15-24-12-10-23(3)11-13-24/h19-21H,4-18H2,1-3H3. The molecule has 0 aromatic heterocycles. The summed E-state index contributed by atoms with van der Waals surface area (Å²) in [5.41, 5.74) is 0.717. The first-order valence-corrected chi connectivity index (χ1v) is 11.4. The molecule has 3 heterocycles. The molecule has 3 saturated heterocycles. The number of nitrogens with zero attached hydrogens (tertiary/aromatic N) is 4. The first kappa shape index (κ1) is 19.2. The number of piperidine rings is 1. The van der Waals surface area contributed by atoms with Crippen molar-refractivity contribution in [1.29, 1.82) is 0 Å². The van der Waals surface area contributed by atoms with Crippen LogP contribution in [0.15, 0.2) is 0 Å². The summed E-state index contributed by atoms with van der Waals surface area (Å²) in [6, 6.07) is 0.870. The van der Waals surface area contributed by atoms with Gasteiger partial charge in [-0.15, -0.1) is 0 Å². The predicted octanol–water partition coefficient (Wildman–Crippen LogP) is 2.46. The van der Waals surface area contributed by atoms with E-state index < -0.39 is 0 Å². The van der Waals surface area contributed by atoms with Gasteiger partial charge in [0.05, 0.1) is 0 Å². The Labute approximate surface area is 161 Å². The molecule has 0 aromatic carbocycles. The van der Waals surface area contributed by atoms with Gasteiger partial charge in [0, 0.05) is 58.4 Å². The number of piperazine rings is 1. The Hall–Kier alpha value is -0.160. The van der Waals surface area contributed by atoms with E-state index in [9.17, 15) is 0 Å². The molecule has 0 amide bonds. The maximum atomic E-state index is 2.82. The van der Waals surface area contributed by atoms with Crippen molar-refractivity contribution in [1.82, 2.24) is 19.6 Å². The smallest absolute Gasteiger partial charge is 0.0350 e. The third-order valence-corrected chi connectivity index (χ3v) is 7.57. The zero-order valence-corrected chi connectivity index (χ0v) is 17.6. The molecule has 0 radical (unpaired) electrons. The van der Waals surface area contributed by atoms with E-state index in [4.69, 9.17) is 0 Å². The summed E-state index contributed by atoms with van der Waals surface area (Å²) in [5.74, 6) is 1.82. The minimum atomic E-state index is 0.717. The first-order valence-electron chi connectivity index (χ1n) is 11.4. The van der Waals surface area contributed by atoms with Crippen molar-refractivity contribution in [2.45, 2.75) is 52.0 Å². The van der Waals surface area contributed by atoms with Crippen molar-refractivity contribution in [3.8, 4) is 0 Å². The van der Waals surface area contributed by atoms with Crippen LogP contribution in [0.2, 0.25) is 0 Å². The summed E-state index contributed by atoms with van der Waals surface area (Å²) in [7, 11) is 2.26. The van der Waals surface area contributed by atoms with E-state index in [2.05, 4.69) is 40.5 Å². The molecule has 0 bridgehead atoms. The zero-order chi connectivity index (χ0) is 18.1. The molecule has 3 aliphatic heterocycles.